The summed E-state index contributed by atoms with van der Waals surface area (Å²) >= 11 is 0. The molecule has 0 aliphatic carbocycles. The van der Waals surface area contributed by atoms with Gasteiger partial charge in [-0.3, -0.25) is 4.79 Å². The molecule has 1 aromatic heterocycles. The summed E-state index contributed by atoms with van der Waals surface area (Å²) in [5.74, 6) is 0. The van der Waals surface area contributed by atoms with Gasteiger partial charge in [0.2, 0.25) is 0 Å². The highest BCUT2D eigenvalue weighted by atomic mass is 16.1. The lowest BCUT2D eigenvalue weighted by atomic mass is 10.2. The van der Waals surface area contributed by atoms with Crippen molar-refractivity contribution in [2.24, 2.45) is 5.73 Å². The molecule has 1 rings (SSSR count). The number of aryl methyl sites for hydroxylation is 2. The molecule has 0 atom stereocenters. The number of hydrogen-bond donors (Lipinski definition) is 1. The summed E-state index contributed by atoms with van der Waals surface area (Å²) in [6, 6.07) is 1.58. The second kappa shape index (κ2) is 4.91. The molecule has 0 fully saturated rings. The zero-order chi connectivity index (χ0) is 10.6. The third kappa shape index (κ3) is 2.42. The maximum absolute atomic E-state index is 11.5. The van der Waals surface area contributed by atoms with Crippen molar-refractivity contribution in [2.75, 3.05) is 0 Å². The summed E-state index contributed by atoms with van der Waals surface area (Å²) in [6.07, 6.45) is 2.04. The van der Waals surface area contributed by atoms with Crippen LogP contribution < -0.4 is 11.3 Å². The molecule has 78 valence electrons. The van der Waals surface area contributed by atoms with Crippen molar-refractivity contribution in [3.63, 3.8) is 0 Å². The van der Waals surface area contributed by atoms with Crippen LogP contribution >= 0.6 is 0 Å². The van der Waals surface area contributed by atoms with Crippen molar-refractivity contribution in [1.82, 2.24) is 9.78 Å². The Hall–Kier alpha value is -1.16. The van der Waals surface area contributed by atoms with Gasteiger partial charge in [0.25, 0.3) is 5.56 Å². The molecule has 2 N–H and O–H groups in total. The first-order valence-electron chi connectivity index (χ1n) is 4.96. The van der Waals surface area contributed by atoms with Crippen LogP contribution in [0.1, 0.15) is 31.0 Å². The molecule has 4 nitrogen and oxygen atoms in total. The minimum absolute atomic E-state index is 0.0514. The first kappa shape index (κ1) is 10.9. The fourth-order valence-electron chi connectivity index (χ4n) is 1.30. The number of nitrogens with zero attached hydrogens (tertiary/aromatic N) is 2. The molecule has 0 aromatic carbocycles. The van der Waals surface area contributed by atoms with Crippen molar-refractivity contribution < 1.29 is 0 Å². The average Bonchev–Trinajstić information content (AvgIpc) is 2.18. The third-order valence-corrected chi connectivity index (χ3v) is 2.23. The second-order valence-corrected chi connectivity index (χ2v) is 3.37. The molecule has 4 heteroatoms. The molecule has 0 radical (unpaired) electrons. The Balaban J connectivity index is 2.97. The van der Waals surface area contributed by atoms with E-state index in [-0.39, 0.29) is 5.56 Å². The predicted octanol–water partition coefficient (Wildman–Crippen LogP) is 0.811. The SMILES string of the molecule is CCCCn1nc(C)c(CN)cc1=O. The summed E-state index contributed by atoms with van der Waals surface area (Å²) in [4.78, 5) is 11.5. The van der Waals surface area contributed by atoms with Crippen molar-refractivity contribution in [3.05, 3.63) is 27.7 Å². The van der Waals surface area contributed by atoms with E-state index < -0.39 is 0 Å². The van der Waals surface area contributed by atoms with E-state index in [4.69, 9.17) is 5.73 Å². The molecule has 0 saturated heterocycles. The van der Waals surface area contributed by atoms with Crippen molar-refractivity contribution in [1.29, 1.82) is 0 Å². The van der Waals surface area contributed by atoms with Crippen molar-refractivity contribution in [3.8, 4) is 0 Å². The van der Waals surface area contributed by atoms with Gasteiger partial charge in [-0.05, 0) is 18.9 Å². The molecular formula is C10H17N3O. The molecule has 14 heavy (non-hydrogen) atoms. The Kier molecular flexibility index (Phi) is 3.83. The molecule has 1 aromatic rings. The Bertz CT molecular complexity index is 357. The summed E-state index contributed by atoms with van der Waals surface area (Å²) in [5.41, 5.74) is 7.12. The smallest absolute Gasteiger partial charge is 0.267 e. The standard InChI is InChI=1S/C10H17N3O/c1-3-4-5-13-10(14)6-9(7-11)8(2)12-13/h6H,3-5,7,11H2,1-2H3. The van der Waals surface area contributed by atoms with Crippen LogP contribution in [-0.2, 0) is 13.1 Å². The normalized spacial score (nSPS) is 10.5. The highest BCUT2D eigenvalue weighted by Gasteiger charge is 2.02. The Labute approximate surface area is 83.7 Å². The van der Waals surface area contributed by atoms with E-state index in [0.717, 1.165) is 24.1 Å². The minimum Gasteiger partial charge on any atom is -0.326 e. The fourth-order valence-corrected chi connectivity index (χ4v) is 1.30. The lowest BCUT2D eigenvalue weighted by molar-refractivity contribution is 0.534. The third-order valence-electron chi connectivity index (χ3n) is 2.23. The highest BCUT2D eigenvalue weighted by Crippen LogP contribution is 1.99. The minimum atomic E-state index is -0.0514. The van der Waals surface area contributed by atoms with Gasteiger partial charge in [-0.2, -0.15) is 5.10 Å². The zero-order valence-electron chi connectivity index (χ0n) is 8.79. The van der Waals surface area contributed by atoms with Gasteiger partial charge < -0.3 is 5.73 Å². The second-order valence-electron chi connectivity index (χ2n) is 3.37. The molecule has 0 spiro atoms. The number of rotatable bonds is 4. The average molecular weight is 195 g/mol. The van der Waals surface area contributed by atoms with Gasteiger partial charge in [0.05, 0.1) is 5.69 Å². The van der Waals surface area contributed by atoms with Crippen LogP contribution in [0, 0.1) is 6.92 Å². The van der Waals surface area contributed by atoms with E-state index >= 15 is 0 Å². The van der Waals surface area contributed by atoms with Crippen LogP contribution in [-0.4, -0.2) is 9.78 Å². The summed E-state index contributed by atoms with van der Waals surface area (Å²) in [7, 11) is 0. The van der Waals surface area contributed by atoms with Crippen LogP contribution in [0.2, 0.25) is 0 Å². The van der Waals surface area contributed by atoms with Gasteiger partial charge in [0.1, 0.15) is 0 Å². The van der Waals surface area contributed by atoms with Crippen LogP contribution in [0.3, 0.4) is 0 Å². The largest absolute Gasteiger partial charge is 0.326 e. The van der Waals surface area contributed by atoms with Gasteiger partial charge in [-0.25, -0.2) is 4.68 Å². The van der Waals surface area contributed by atoms with Gasteiger partial charge >= 0.3 is 0 Å². The molecule has 0 bridgehead atoms. The van der Waals surface area contributed by atoms with Crippen LogP contribution in [0.4, 0.5) is 0 Å². The molecule has 0 saturated carbocycles. The Morgan fingerprint density at radius 1 is 1.57 bits per heavy atom. The van der Waals surface area contributed by atoms with E-state index in [1.54, 1.807) is 6.07 Å². The maximum atomic E-state index is 11.5. The van der Waals surface area contributed by atoms with Gasteiger partial charge in [-0.1, -0.05) is 13.3 Å². The first-order valence-corrected chi connectivity index (χ1v) is 4.96. The van der Waals surface area contributed by atoms with E-state index in [2.05, 4.69) is 12.0 Å². The number of unbranched alkanes of at least 4 members (excludes halogenated alkanes) is 1. The van der Waals surface area contributed by atoms with E-state index in [1.807, 2.05) is 6.92 Å². The van der Waals surface area contributed by atoms with Gasteiger partial charge in [0, 0.05) is 19.2 Å². The monoisotopic (exact) mass is 195 g/mol. The Morgan fingerprint density at radius 3 is 2.86 bits per heavy atom. The Morgan fingerprint density at radius 2 is 2.29 bits per heavy atom. The van der Waals surface area contributed by atoms with Crippen molar-refractivity contribution in [2.45, 2.75) is 39.8 Å². The molecule has 0 unspecified atom stereocenters. The maximum Gasteiger partial charge on any atom is 0.267 e. The van der Waals surface area contributed by atoms with E-state index in [0.29, 0.717) is 13.1 Å². The molecule has 0 aliphatic heterocycles. The number of aromatic nitrogens is 2. The summed E-state index contributed by atoms with van der Waals surface area (Å²) < 4.78 is 1.51. The molecular weight excluding hydrogens is 178 g/mol. The van der Waals surface area contributed by atoms with E-state index in [1.165, 1.54) is 4.68 Å². The van der Waals surface area contributed by atoms with Crippen LogP contribution in [0.5, 0.6) is 0 Å². The summed E-state index contributed by atoms with van der Waals surface area (Å²) in [5, 5.41) is 4.21. The molecule has 0 aliphatic rings. The predicted molar refractivity (Wildman–Crippen MR) is 56.0 cm³/mol. The van der Waals surface area contributed by atoms with Crippen LogP contribution in [0.15, 0.2) is 10.9 Å². The van der Waals surface area contributed by atoms with Gasteiger partial charge in [-0.15, -0.1) is 0 Å². The summed E-state index contributed by atoms with van der Waals surface area (Å²) in [6.45, 7) is 5.04. The van der Waals surface area contributed by atoms with Crippen molar-refractivity contribution >= 4 is 0 Å². The lowest BCUT2D eigenvalue weighted by Crippen LogP contribution is -2.25. The number of hydrogen-bond acceptors (Lipinski definition) is 3. The lowest BCUT2D eigenvalue weighted by Gasteiger charge is -2.07. The van der Waals surface area contributed by atoms with Gasteiger partial charge in [0.15, 0.2) is 0 Å². The molecule has 1 heterocycles. The van der Waals surface area contributed by atoms with E-state index in [9.17, 15) is 4.79 Å². The fraction of sp³-hybridized carbons (Fsp3) is 0.600. The van der Waals surface area contributed by atoms with Crippen LogP contribution in [0.25, 0.3) is 0 Å². The number of nitrogens with two attached hydrogens (primary N) is 1. The first-order chi connectivity index (χ1) is 6.69. The topological polar surface area (TPSA) is 60.9 Å². The highest BCUT2D eigenvalue weighted by molar-refractivity contribution is 5.15. The zero-order valence-corrected chi connectivity index (χ0v) is 8.79. The quantitative estimate of drug-likeness (QED) is 0.773. The molecule has 0 amide bonds.